The molecule has 0 bridgehead atoms. The third kappa shape index (κ3) is 1.89. The van der Waals surface area contributed by atoms with Crippen LogP contribution in [-0.4, -0.2) is 52.5 Å². The normalized spacial score (nSPS) is 29.6. The predicted octanol–water partition coefficient (Wildman–Crippen LogP) is 1.99. The number of likely N-dealkylation sites (tertiary alicyclic amines) is 1. The first-order valence-corrected chi connectivity index (χ1v) is 7.98. The minimum atomic E-state index is 0.251. The third-order valence-electron chi connectivity index (χ3n) is 5.04. The largest absolute Gasteiger partial charge is 0.337 e. The Labute approximate surface area is 120 Å². The van der Waals surface area contributed by atoms with Crippen molar-refractivity contribution in [2.75, 3.05) is 26.2 Å². The molecule has 2 aliphatic heterocycles. The fourth-order valence-corrected chi connectivity index (χ4v) is 3.88. The van der Waals surface area contributed by atoms with E-state index in [0.717, 1.165) is 37.8 Å². The molecule has 0 N–H and O–H groups in total. The van der Waals surface area contributed by atoms with Crippen molar-refractivity contribution < 1.29 is 4.79 Å². The van der Waals surface area contributed by atoms with Gasteiger partial charge in [0.05, 0.1) is 12.1 Å². The first-order chi connectivity index (χ1) is 9.78. The van der Waals surface area contributed by atoms with Crippen molar-refractivity contribution in [2.45, 2.75) is 38.3 Å². The lowest BCUT2D eigenvalue weighted by molar-refractivity contribution is 0.0565. The molecule has 1 aromatic heterocycles. The van der Waals surface area contributed by atoms with Gasteiger partial charge >= 0.3 is 0 Å². The molecule has 1 amide bonds. The third-order valence-corrected chi connectivity index (χ3v) is 5.04. The van der Waals surface area contributed by atoms with E-state index in [0.29, 0.717) is 12.1 Å². The van der Waals surface area contributed by atoms with Crippen LogP contribution in [0.5, 0.6) is 0 Å². The Morgan fingerprint density at radius 3 is 2.80 bits per heavy atom. The molecule has 1 saturated heterocycles. The molecule has 2 fully saturated rings. The first-order valence-electron chi connectivity index (χ1n) is 7.98. The second-order valence-electron chi connectivity index (χ2n) is 6.60. The van der Waals surface area contributed by atoms with Gasteiger partial charge in [0.15, 0.2) is 0 Å². The topological polar surface area (TPSA) is 28.5 Å². The van der Waals surface area contributed by atoms with E-state index in [1.807, 2.05) is 12.1 Å². The zero-order valence-corrected chi connectivity index (χ0v) is 12.2. The molecule has 20 heavy (non-hydrogen) atoms. The lowest BCUT2D eigenvalue weighted by Gasteiger charge is -2.38. The smallest absolute Gasteiger partial charge is 0.270 e. The van der Waals surface area contributed by atoms with Crippen molar-refractivity contribution in [1.29, 1.82) is 0 Å². The summed E-state index contributed by atoms with van der Waals surface area (Å²) in [4.78, 5) is 17.4. The van der Waals surface area contributed by atoms with Gasteiger partial charge in [0.2, 0.25) is 0 Å². The Hall–Kier alpha value is -1.29. The van der Waals surface area contributed by atoms with Crippen molar-refractivity contribution in [2.24, 2.45) is 5.92 Å². The van der Waals surface area contributed by atoms with Crippen LogP contribution in [0, 0.1) is 5.92 Å². The van der Waals surface area contributed by atoms with E-state index in [1.54, 1.807) is 0 Å². The molecule has 2 unspecified atom stereocenters. The number of hydrogen-bond donors (Lipinski definition) is 0. The Morgan fingerprint density at radius 2 is 2.05 bits per heavy atom. The van der Waals surface area contributed by atoms with Crippen LogP contribution in [0.1, 0.15) is 42.7 Å². The standard InChI is InChI=1S/C16H23N3O/c1-2-7-17-10-14-15(11-17)19(9-12-5-6-12)16(20)13-4-3-8-18(13)14/h3-4,8,12,14-15H,2,5-7,9-11H2,1H3. The number of fused-ring (bicyclic) bond motifs is 3. The maximum atomic E-state index is 12.7. The summed E-state index contributed by atoms with van der Waals surface area (Å²) in [6.45, 7) is 6.50. The molecule has 4 rings (SSSR count). The quantitative estimate of drug-likeness (QED) is 0.839. The van der Waals surface area contributed by atoms with Gasteiger partial charge in [-0.25, -0.2) is 0 Å². The summed E-state index contributed by atoms with van der Waals surface area (Å²) in [6.07, 6.45) is 5.89. The lowest BCUT2D eigenvalue weighted by atomic mass is 10.1. The van der Waals surface area contributed by atoms with Gasteiger partial charge in [0.1, 0.15) is 5.69 Å². The number of hydrogen-bond acceptors (Lipinski definition) is 2. The Morgan fingerprint density at radius 1 is 1.25 bits per heavy atom. The molecule has 0 aromatic carbocycles. The second kappa shape index (κ2) is 4.62. The van der Waals surface area contributed by atoms with Crippen LogP contribution in [-0.2, 0) is 0 Å². The van der Waals surface area contributed by atoms with Crippen LogP contribution in [0.25, 0.3) is 0 Å². The average Bonchev–Trinajstić information content (AvgIpc) is 2.96. The van der Waals surface area contributed by atoms with Crippen molar-refractivity contribution in [3.8, 4) is 0 Å². The molecule has 0 spiro atoms. The summed E-state index contributed by atoms with van der Waals surface area (Å²) in [7, 11) is 0. The minimum absolute atomic E-state index is 0.251. The fourth-order valence-electron chi connectivity index (χ4n) is 3.88. The molecule has 2 atom stereocenters. The van der Waals surface area contributed by atoms with E-state index >= 15 is 0 Å². The van der Waals surface area contributed by atoms with Crippen LogP contribution in [0.2, 0.25) is 0 Å². The molecular weight excluding hydrogens is 250 g/mol. The number of carbonyl (C=O) groups is 1. The van der Waals surface area contributed by atoms with Gasteiger partial charge in [0, 0.05) is 25.8 Å². The first kappa shape index (κ1) is 12.5. The minimum Gasteiger partial charge on any atom is -0.337 e. The molecule has 3 aliphatic rings. The van der Waals surface area contributed by atoms with Crippen LogP contribution >= 0.6 is 0 Å². The van der Waals surface area contributed by atoms with Crippen LogP contribution in [0.4, 0.5) is 0 Å². The summed E-state index contributed by atoms with van der Waals surface area (Å²) in [6, 6.07) is 4.85. The van der Waals surface area contributed by atoms with Crippen molar-refractivity contribution in [1.82, 2.24) is 14.4 Å². The van der Waals surface area contributed by atoms with E-state index < -0.39 is 0 Å². The van der Waals surface area contributed by atoms with Gasteiger partial charge in [-0.3, -0.25) is 9.69 Å². The van der Waals surface area contributed by atoms with Crippen molar-refractivity contribution in [3.05, 3.63) is 24.0 Å². The highest BCUT2D eigenvalue weighted by Crippen LogP contribution is 2.37. The van der Waals surface area contributed by atoms with Crippen LogP contribution < -0.4 is 0 Å². The van der Waals surface area contributed by atoms with Gasteiger partial charge < -0.3 is 9.47 Å². The van der Waals surface area contributed by atoms with Crippen LogP contribution in [0.15, 0.2) is 18.3 Å². The summed E-state index contributed by atoms with van der Waals surface area (Å²) in [5, 5.41) is 0. The Bertz CT molecular complexity index is 520. The summed E-state index contributed by atoms with van der Waals surface area (Å²) >= 11 is 0. The van der Waals surface area contributed by atoms with Crippen molar-refractivity contribution in [3.63, 3.8) is 0 Å². The number of rotatable bonds is 4. The highest BCUT2D eigenvalue weighted by molar-refractivity contribution is 5.94. The highest BCUT2D eigenvalue weighted by Gasteiger charge is 2.45. The molecule has 0 radical (unpaired) electrons. The monoisotopic (exact) mass is 273 g/mol. The van der Waals surface area contributed by atoms with Gasteiger partial charge in [-0.05, 0) is 43.9 Å². The van der Waals surface area contributed by atoms with Gasteiger partial charge in [-0.1, -0.05) is 6.92 Å². The number of amides is 1. The SMILES string of the molecule is CCCN1CC2C(C1)n1cccc1C(=O)N2CC1CC1. The van der Waals surface area contributed by atoms with Crippen molar-refractivity contribution >= 4 is 5.91 Å². The fraction of sp³-hybridized carbons (Fsp3) is 0.688. The molecule has 108 valence electrons. The second-order valence-corrected chi connectivity index (χ2v) is 6.60. The summed E-state index contributed by atoms with van der Waals surface area (Å²) in [5.74, 6) is 1.02. The van der Waals surface area contributed by atoms with E-state index in [4.69, 9.17) is 0 Å². The van der Waals surface area contributed by atoms with Gasteiger partial charge in [-0.15, -0.1) is 0 Å². The van der Waals surface area contributed by atoms with E-state index in [-0.39, 0.29) is 5.91 Å². The summed E-state index contributed by atoms with van der Waals surface area (Å²) < 4.78 is 2.23. The maximum absolute atomic E-state index is 12.7. The highest BCUT2D eigenvalue weighted by atomic mass is 16.2. The van der Waals surface area contributed by atoms with E-state index in [9.17, 15) is 4.79 Å². The van der Waals surface area contributed by atoms with Gasteiger partial charge in [-0.2, -0.15) is 0 Å². The predicted molar refractivity (Wildman–Crippen MR) is 77.7 cm³/mol. The molecule has 1 aliphatic carbocycles. The zero-order valence-electron chi connectivity index (χ0n) is 12.2. The molecule has 4 nitrogen and oxygen atoms in total. The lowest BCUT2D eigenvalue weighted by Crippen LogP contribution is -2.51. The molecular formula is C16H23N3O. The maximum Gasteiger partial charge on any atom is 0.270 e. The Balaban J connectivity index is 1.65. The number of carbonyl (C=O) groups excluding carboxylic acids is 1. The van der Waals surface area contributed by atoms with Crippen LogP contribution in [0.3, 0.4) is 0 Å². The van der Waals surface area contributed by atoms with E-state index in [2.05, 4.69) is 27.5 Å². The number of aromatic nitrogens is 1. The molecule has 3 heterocycles. The number of nitrogens with zero attached hydrogens (tertiary/aromatic N) is 3. The molecule has 1 saturated carbocycles. The van der Waals surface area contributed by atoms with Gasteiger partial charge in [0.25, 0.3) is 5.91 Å². The molecule has 1 aromatic rings. The summed E-state index contributed by atoms with van der Waals surface area (Å²) in [5.41, 5.74) is 0.894. The molecule has 4 heteroatoms. The Kier molecular flexibility index (Phi) is 2.88. The average molecular weight is 273 g/mol. The zero-order chi connectivity index (χ0) is 13.7. The van der Waals surface area contributed by atoms with E-state index in [1.165, 1.54) is 19.3 Å².